The first kappa shape index (κ1) is 16.8. The van der Waals surface area contributed by atoms with Gasteiger partial charge in [0.25, 0.3) is 0 Å². The second-order valence-corrected chi connectivity index (χ2v) is 7.33. The molecule has 1 atom stereocenters. The van der Waals surface area contributed by atoms with Crippen LogP contribution in [0.5, 0.6) is 0 Å². The van der Waals surface area contributed by atoms with Crippen molar-refractivity contribution in [1.29, 1.82) is 0 Å². The standard InChI is InChI=1S/C23H24N2O/c1-16(14-17-8-3-2-4-9-17)15-22(26)25-23-18-10-5-6-12-20(18)24-21-13-7-11-19(21)23/h2-6,8-10,12,16H,7,11,13-15H2,1H3,(H,24,25,26). The minimum atomic E-state index is 0.0962. The van der Waals surface area contributed by atoms with E-state index in [9.17, 15) is 4.79 Å². The Morgan fingerprint density at radius 3 is 2.69 bits per heavy atom. The van der Waals surface area contributed by atoms with Crippen LogP contribution in [0.25, 0.3) is 10.9 Å². The molecule has 1 amide bonds. The van der Waals surface area contributed by atoms with Crippen LogP contribution < -0.4 is 5.32 Å². The molecule has 0 radical (unpaired) electrons. The van der Waals surface area contributed by atoms with Crippen LogP contribution in [-0.2, 0) is 24.1 Å². The molecular weight excluding hydrogens is 320 g/mol. The Morgan fingerprint density at radius 1 is 1.08 bits per heavy atom. The number of benzene rings is 2. The fourth-order valence-electron chi connectivity index (χ4n) is 3.95. The highest BCUT2D eigenvalue weighted by atomic mass is 16.1. The topological polar surface area (TPSA) is 42.0 Å². The van der Waals surface area contributed by atoms with E-state index in [0.29, 0.717) is 12.3 Å². The normalized spacial score (nSPS) is 14.2. The largest absolute Gasteiger partial charge is 0.325 e. The molecule has 0 aliphatic heterocycles. The number of carbonyl (C=O) groups is 1. The van der Waals surface area contributed by atoms with Gasteiger partial charge in [-0.25, -0.2) is 0 Å². The summed E-state index contributed by atoms with van der Waals surface area (Å²) in [5.74, 6) is 0.400. The monoisotopic (exact) mass is 344 g/mol. The smallest absolute Gasteiger partial charge is 0.224 e. The number of carbonyl (C=O) groups excluding carboxylic acids is 1. The highest BCUT2D eigenvalue weighted by Gasteiger charge is 2.21. The number of rotatable bonds is 5. The zero-order chi connectivity index (χ0) is 17.9. The van der Waals surface area contributed by atoms with Crippen molar-refractivity contribution in [2.75, 3.05) is 5.32 Å². The lowest BCUT2D eigenvalue weighted by molar-refractivity contribution is -0.116. The minimum Gasteiger partial charge on any atom is -0.325 e. The Morgan fingerprint density at radius 2 is 1.85 bits per heavy atom. The highest BCUT2D eigenvalue weighted by Crippen LogP contribution is 2.34. The van der Waals surface area contributed by atoms with Gasteiger partial charge in [-0.3, -0.25) is 9.78 Å². The van der Waals surface area contributed by atoms with Gasteiger partial charge >= 0.3 is 0 Å². The zero-order valence-corrected chi connectivity index (χ0v) is 15.2. The second kappa shape index (κ2) is 7.28. The molecule has 3 aromatic rings. The molecule has 0 bridgehead atoms. The summed E-state index contributed by atoms with van der Waals surface area (Å²) in [6.07, 6.45) is 4.57. The molecule has 0 saturated heterocycles. The van der Waals surface area contributed by atoms with Gasteiger partial charge in [0.1, 0.15) is 0 Å². The van der Waals surface area contributed by atoms with Crippen LogP contribution in [0.2, 0.25) is 0 Å². The Bertz CT molecular complexity index is 934. The van der Waals surface area contributed by atoms with Gasteiger partial charge in [0.2, 0.25) is 5.91 Å². The summed E-state index contributed by atoms with van der Waals surface area (Å²) in [6, 6.07) is 18.5. The van der Waals surface area contributed by atoms with Crippen molar-refractivity contribution in [3.05, 3.63) is 71.4 Å². The number of aryl methyl sites for hydroxylation is 1. The summed E-state index contributed by atoms with van der Waals surface area (Å²) in [7, 11) is 0. The van der Waals surface area contributed by atoms with Gasteiger partial charge in [-0.1, -0.05) is 55.5 Å². The Balaban J connectivity index is 1.53. The minimum absolute atomic E-state index is 0.0962. The molecule has 2 aromatic carbocycles. The average molecular weight is 344 g/mol. The number of hydrogen-bond acceptors (Lipinski definition) is 2. The molecule has 3 heteroatoms. The molecule has 1 aliphatic carbocycles. The molecular formula is C23H24N2O. The van der Waals surface area contributed by atoms with Crippen LogP contribution in [-0.4, -0.2) is 10.9 Å². The molecule has 3 nitrogen and oxygen atoms in total. The zero-order valence-electron chi connectivity index (χ0n) is 15.2. The number of nitrogens with one attached hydrogen (secondary N) is 1. The second-order valence-electron chi connectivity index (χ2n) is 7.33. The van der Waals surface area contributed by atoms with Crippen LogP contribution in [0.15, 0.2) is 54.6 Å². The highest BCUT2D eigenvalue weighted by molar-refractivity contribution is 6.02. The third-order valence-electron chi connectivity index (χ3n) is 5.14. The van der Waals surface area contributed by atoms with E-state index >= 15 is 0 Å². The van der Waals surface area contributed by atoms with E-state index in [1.165, 1.54) is 11.1 Å². The van der Waals surface area contributed by atoms with Crippen molar-refractivity contribution in [3.63, 3.8) is 0 Å². The summed E-state index contributed by atoms with van der Waals surface area (Å²) in [5.41, 5.74) is 5.62. The first-order valence-corrected chi connectivity index (χ1v) is 9.45. The molecule has 4 rings (SSSR count). The Labute approximate surface area is 154 Å². The Kier molecular flexibility index (Phi) is 4.70. The van der Waals surface area contributed by atoms with E-state index in [1.54, 1.807) is 0 Å². The Hall–Kier alpha value is -2.68. The maximum absolute atomic E-state index is 12.7. The fraction of sp³-hybridized carbons (Fsp3) is 0.304. The predicted octanol–water partition coefficient (Wildman–Crippen LogP) is 4.93. The van der Waals surface area contributed by atoms with Crippen molar-refractivity contribution in [1.82, 2.24) is 4.98 Å². The van der Waals surface area contributed by atoms with Crippen LogP contribution in [0.3, 0.4) is 0 Å². The molecule has 1 heterocycles. The number of hydrogen-bond donors (Lipinski definition) is 1. The SMILES string of the molecule is CC(CC(=O)Nc1c2c(nc3ccccc13)CCC2)Cc1ccccc1. The van der Waals surface area contributed by atoms with Gasteiger partial charge in [0.05, 0.1) is 11.2 Å². The number of para-hydroxylation sites is 1. The van der Waals surface area contributed by atoms with Gasteiger partial charge in [-0.15, -0.1) is 0 Å². The first-order chi connectivity index (χ1) is 12.7. The van der Waals surface area contributed by atoms with Crippen molar-refractivity contribution in [2.45, 2.75) is 39.0 Å². The van der Waals surface area contributed by atoms with Gasteiger partial charge in [0, 0.05) is 17.5 Å². The lowest BCUT2D eigenvalue weighted by Gasteiger charge is -2.16. The van der Waals surface area contributed by atoms with E-state index in [4.69, 9.17) is 4.98 Å². The van der Waals surface area contributed by atoms with Gasteiger partial charge in [0.15, 0.2) is 0 Å². The van der Waals surface area contributed by atoms with Crippen molar-refractivity contribution >= 4 is 22.5 Å². The number of nitrogens with zero attached hydrogens (tertiary/aromatic N) is 1. The third-order valence-corrected chi connectivity index (χ3v) is 5.14. The summed E-state index contributed by atoms with van der Waals surface area (Å²) < 4.78 is 0. The maximum atomic E-state index is 12.7. The van der Waals surface area contributed by atoms with Crippen LogP contribution >= 0.6 is 0 Å². The summed E-state index contributed by atoms with van der Waals surface area (Å²) in [4.78, 5) is 17.5. The lowest BCUT2D eigenvalue weighted by Crippen LogP contribution is -2.18. The van der Waals surface area contributed by atoms with Gasteiger partial charge in [-0.05, 0) is 48.8 Å². The number of pyridine rings is 1. The molecule has 1 unspecified atom stereocenters. The van der Waals surface area contributed by atoms with Gasteiger partial charge in [-0.2, -0.15) is 0 Å². The fourth-order valence-corrected chi connectivity index (χ4v) is 3.95. The quantitative estimate of drug-likeness (QED) is 0.713. The average Bonchev–Trinajstić information content (AvgIpc) is 3.10. The van der Waals surface area contributed by atoms with E-state index in [-0.39, 0.29) is 5.91 Å². The number of aromatic nitrogens is 1. The molecule has 0 spiro atoms. The number of fused-ring (bicyclic) bond motifs is 2. The maximum Gasteiger partial charge on any atom is 0.224 e. The predicted molar refractivity (Wildman–Crippen MR) is 106 cm³/mol. The summed E-state index contributed by atoms with van der Waals surface area (Å²) >= 11 is 0. The third kappa shape index (κ3) is 3.48. The van der Waals surface area contributed by atoms with Crippen LogP contribution in [0.1, 0.15) is 36.6 Å². The van der Waals surface area contributed by atoms with Crippen LogP contribution in [0.4, 0.5) is 5.69 Å². The number of anilines is 1. The molecule has 132 valence electrons. The molecule has 26 heavy (non-hydrogen) atoms. The van der Waals surface area contributed by atoms with Crippen LogP contribution in [0, 0.1) is 5.92 Å². The molecule has 1 aliphatic rings. The van der Waals surface area contributed by atoms with Crippen molar-refractivity contribution < 1.29 is 4.79 Å². The van der Waals surface area contributed by atoms with E-state index in [2.05, 4.69) is 42.6 Å². The van der Waals surface area contributed by atoms with E-state index in [1.807, 2.05) is 24.3 Å². The lowest BCUT2D eigenvalue weighted by atomic mass is 9.97. The summed E-state index contributed by atoms with van der Waals surface area (Å²) in [6.45, 7) is 2.14. The summed E-state index contributed by atoms with van der Waals surface area (Å²) in [5, 5.41) is 4.28. The first-order valence-electron chi connectivity index (χ1n) is 9.45. The van der Waals surface area contributed by atoms with Crippen molar-refractivity contribution in [3.8, 4) is 0 Å². The van der Waals surface area contributed by atoms with Gasteiger partial charge < -0.3 is 5.32 Å². The van der Waals surface area contributed by atoms with E-state index in [0.717, 1.165) is 48.0 Å². The molecule has 1 N–H and O–H groups in total. The molecule has 0 saturated carbocycles. The molecule has 1 aromatic heterocycles. The molecule has 0 fully saturated rings. The number of amides is 1. The van der Waals surface area contributed by atoms with E-state index < -0.39 is 0 Å². The van der Waals surface area contributed by atoms with Crippen molar-refractivity contribution in [2.24, 2.45) is 5.92 Å².